The number of rotatable bonds is 4. The molecule has 0 aliphatic rings. The zero-order valence-electron chi connectivity index (χ0n) is 8.53. The van der Waals surface area contributed by atoms with Gasteiger partial charge >= 0.3 is 5.97 Å². The van der Waals surface area contributed by atoms with Crippen molar-refractivity contribution < 1.29 is 9.53 Å². The molecule has 1 aromatic heterocycles. The zero-order valence-corrected chi connectivity index (χ0v) is 9.35. The molecule has 0 aliphatic carbocycles. The number of aromatic nitrogens is 1. The zero-order chi connectivity index (χ0) is 10.6. The van der Waals surface area contributed by atoms with Crippen molar-refractivity contribution in [2.45, 2.75) is 19.9 Å². The fraction of sp³-hybridized carbons (Fsp3) is 0.556. The summed E-state index contributed by atoms with van der Waals surface area (Å²) in [6, 6.07) is -0.427. The molecule has 1 N–H and O–H groups in total. The largest absolute Gasteiger partial charge is 0.468 e. The molecule has 78 valence electrons. The topological polar surface area (TPSA) is 51.2 Å². The lowest BCUT2D eigenvalue weighted by Crippen LogP contribution is -2.29. The third kappa shape index (κ3) is 2.52. The average Bonchev–Trinajstić information content (AvgIpc) is 2.60. The quantitative estimate of drug-likeness (QED) is 0.767. The van der Waals surface area contributed by atoms with Crippen molar-refractivity contribution in [3.8, 4) is 0 Å². The Hall–Kier alpha value is -0.940. The van der Waals surface area contributed by atoms with Crippen molar-refractivity contribution in [1.29, 1.82) is 0 Å². The van der Waals surface area contributed by atoms with Gasteiger partial charge in [-0.25, -0.2) is 9.78 Å². The molecule has 0 spiro atoms. The standard InChI is InChI=1S/C9H14N2O2S/c1-4-10-7(9(12)13-3)8-11-6(2)5-14-8/h5,7,10H,4H2,1-3H3. The molecule has 1 heterocycles. The molecule has 0 bridgehead atoms. The van der Waals surface area contributed by atoms with E-state index in [1.54, 1.807) is 0 Å². The van der Waals surface area contributed by atoms with Gasteiger partial charge in [0, 0.05) is 11.1 Å². The van der Waals surface area contributed by atoms with Crippen molar-refractivity contribution in [3.05, 3.63) is 16.1 Å². The summed E-state index contributed by atoms with van der Waals surface area (Å²) < 4.78 is 4.69. The Balaban J connectivity index is 2.82. The number of carbonyl (C=O) groups is 1. The van der Waals surface area contributed by atoms with Crippen LogP contribution in [0.3, 0.4) is 0 Å². The first kappa shape index (κ1) is 11.1. The van der Waals surface area contributed by atoms with E-state index < -0.39 is 6.04 Å². The third-order valence-electron chi connectivity index (χ3n) is 1.73. The fourth-order valence-electron chi connectivity index (χ4n) is 1.10. The van der Waals surface area contributed by atoms with Gasteiger partial charge in [-0.15, -0.1) is 11.3 Å². The number of aryl methyl sites for hydroxylation is 1. The summed E-state index contributed by atoms with van der Waals surface area (Å²) >= 11 is 1.47. The predicted molar refractivity (Wildman–Crippen MR) is 55.3 cm³/mol. The van der Waals surface area contributed by atoms with Crippen LogP contribution in [0.25, 0.3) is 0 Å². The lowest BCUT2D eigenvalue weighted by Gasteiger charge is -2.11. The SMILES string of the molecule is CCNC(C(=O)OC)c1nc(C)cs1. The lowest BCUT2D eigenvalue weighted by atomic mass is 10.3. The molecule has 1 rings (SSSR count). The molecule has 0 radical (unpaired) electrons. The van der Waals surface area contributed by atoms with Gasteiger partial charge in [-0.2, -0.15) is 0 Å². The van der Waals surface area contributed by atoms with E-state index >= 15 is 0 Å². The molecule has 0 amide bonds. The van der Waals surface area contributed by atoms with Crippen molar-refractivity contribution in [3.63, 3.8) is 0 Å². The van der Waals surface area contributed by atoms with E-state index in [-0.39, 0.29) is 5.97 Å². The van der Waals surface area contributed by atoms with Gasteiger partial charge in [0.25, 0.3) is 0 Å². The summed E-state index contributed by atoms with van der Waals surface area (Å²) in [5.74, 6) is -0.291. The first-order valence-electron chi connectivity index (χ1n) is 4.42. The molecule has 1 atom stereocenters. The third-order valence-corrected chi connectivity index (χ3v) is 2.76. The van der Waals surface area contributed by atoms with E-state index in [1.807, 2.05) is 19.2 Å². The van der Waals surface area contributed by atoms with Crippen LogP contribution in [0.1, 0.15) is 23.7 Å². The Bertz CT molecular complexity index is 312. The maximum atomic E-state index is 11.4. The molecule has 0 aromatic carbocycles. The Morgan fingerprint density at radius 1 is 1.79 bits per heavy atom. The summed E-state index contributed by atoms with van der Waals surface area (Å²) in [6.07, 6.45) is 0. The van der Waals surface area contributed by atoms with E-state index in [1.165, 1.54) is 18.4 Å². The van der Waals surface area contributed by atoms with Gasteiger partial charge in [0.05, 0.1) is 7.11 Å². The van der Waals surface area contributed by atoms with E-state index in [0.29, 0.717) is 6.54 Å². The number of thiazole rings is 1. The Morgan fingerprint density at radius 3 is 2.93 bits per heavy atom. The van der Waals surface area contributed by atoms with Crippen LogP contribution in [0, 0.1) is 6.92 Å². The monoisotopic (exact) mass is 214 g/mol. The molecule has 1 aromatic rings. The number of hydrogen-bond acceptors (Lipinski definition) is 5. The minimum atomic E-state index is -0.427. The van der Waals surface area contributed by atoms with Crippen molar-refractivity contribution in [2.24, 2.45) is 0 Å². The molecule has 0 saturated carbocycles. The predicted octanol–water partition coefficient (Wildman–Crippen LogP) is 1.28. The van der Waals surface area contributed by atoms with Crippen molar-refractivity contribution in [2.75, 3.05) is 13.7 Å². The fourth-order valence-corrected chi connectivity index (χ4v) is 1.95. The van der Waals surface area contributed by atoms with Crippen LogP contribution in [0.2, 0.25) is 0 Å². The van der Waals surface area contributed by atoms with Crippen LogP contribution in [0.15, 0.2) is 5.38 Å². The summed E-state index contributed by atoms with van der Waals surface area (Å²) in [7, 11) is 1.38. The number of nitrogens with one attached hydrogen (secondary N) is 1. The number of methoxy groups -OCH3 is 1. The molecule has 0 fully saturated rings. The molecule has 14 heavy (non-hydrogen) atoms. The average molecular weight is 214 g/mol. The maximum Gasteiger partial charge on any atom is 0.330 e. The Kier molecular flexibility index (Phi) is 4.03. The highest BCUT2D eigenvalue weighted by Crippen LogP contribution is 2.18. The summed E-state index contributed by atoms with van der Waals surface area (Å²) in [4.78, 5) is 15.6. The van der Waals surface area contributed by atoms with E-state index in [4.69, 9.17) is 4.74 Å². The van der Waals surface area contributed by atoms with Crippen LogP contribution < -0.4 is 5.32 Å². The van der Waals surface area contributed by atoms with Crippen LogP contribution >= 0.6 is 11.3 Å². The van der Waals surface area contributed by atoms with Gasteiger partial charge < -0.3 is 4.74 Å². The van der Waals surface area contributed by atoms with Gasteiger partial charge in [0.15, 0.2) is 6.04 Å². The first-order chi connectivity index (χ1) is 6.69. The molecule has 4 nitrogen and oxygen atoms in total. The molecular formula is C9H14N2O2S. The van der Waals surface area contributed by atoms with E-state index in [2.05, 4.69) is 10.3 Å². The second kappa shape index (κ2) is 5.07. The Labute approximate surface area is 87.3 Å². The van der Waals surface area contributed by atoms with Crippen molar-refractivity contribution >= 4 is 17.3 Å². The van der Waals surface area contributed by atoms with Crippen molar-refractivity contribution in [1.82, 2.24) is 10.3 Å². The number of ether oxygens (including phenoxy) is 1. The first-order valence-corrected chi connectivity index (χ1v) is 5.30. The number of hydrogen-bond donors (Lipinski definition) is 1. The second-order valence-electron chi connectivity index (χ2n) is 2.84. The summed E-state index contributed by atoms with van der Waals surface area (Å²) in [6.45, 7) is 4.55. The highest BCUT2D eigenvalue weighted by molar-refractivity contribution is 7.09. The van der Waals surface area contributed by atoms with Crippen LogP contribution in [0.5, 0.6) is 0 Å². The minimum Gasteiger partial charge on any atom is -0.468 e. The smallest absolute Gasteiger partial charge is 0.330 e. The van der Waals surface area contributed by atoms with Gasteiger partial charge in [0.2, 0.25) is 0 Å². The number of carbonyl (C=O) groups excluding carboxylic acids is 1. The second-order valence-corrected chi connectivity index (χ2v) is 3.73. The van der Waals surface area contributed by atoms with Gasteiger partial charge in [-0.1, -0.05) is 6.92 Å². The van der Waals surface area contributed by atoms with Crippen LogP contribution in [-0.4, -0.2) is 24.6 Å². The molecule has 0 saturated heterocycles. The molecular weight excluding hydrogens is 200 g/mol. The van der Waals surface area contributed by atoms with Gasteiger partial charge in [0.1, 0.15) is 5.01 Å². The summed E-state index contributed by atoms with van der Waals surface area (Å²) in [5.41, 5.74) is 0.928. The highest BCUT2D eigenvalue weighted by Gasteiger charge is 2.22. The number of likely N-dealkylation sites (N-methyl/N-ethyl adjacent to an activating group) is 1. The Morgan fingerprint density at radius 2 is 2.50 bits per heavy atom. The molecule has 0 aliphatic heterocycles. The molecule has 5 heteroatoms. The normalized spacial score (nSPS) is 12.5. The van der Waals surface area contributed by atoms with Crippen LogP contribution in [0.4, 0.5) is 0 Å². The highest BCUT2D eigenvalue weighted by atomic mass is 32.1. The van der Waals surface area contributed by atoms with E-state index in [0.717, 1.165) is 10.7 Å². The number of nitrogens with zero attached hydrogens (tertiary/aromatic N) is 1. The van der Waals surface area contributed by atoms with E-state index in [9.17, 15) is 4.79 Å². The maximum absolute atomic E-state index is 11.4. The minimum absolute atomic E-state index is 0.291. The lowest BCUT2D eigenvalue weighted by molar-refractivity contribution is -0.143. The van der Waals surface area contributed by atoms with Gasteiger partial charge in [-0.05, 0) is 13.5 Å². The summed E-state index contributed by atoms with van der Waals surface area (Å²) in [5, 5.41) is 5.72. The molecule has 1 unspecified atom stereocenters. The number of esters is 1. The van der Waals surface area contributed by atoms with Crippen LogP contribution in [-0.2, 0) is 9.53 Å². The van der Waals surface area contributed by atoms with Gasteiger partial charge in [-0.3, -0.25) is 5.32 Å².